The Morgan fingerprint density at radius 3 is 2.48 bits per heavy atom. The van der Waals surface area contributed by atoms with Crippen LogP contribution >= 0.6 is 0 Å². The fraction of sp³-hybridized carbons (Fsp3) is 0.864. The van der Waals surface area contributed by atoms with Gasteiger partial charge >= 0.3 is 0 Å². The molecule has 3 aliphatic rings. The van der Waals surface area contributed by atoms with Crippen LogP contribution in [0.3, 0.4) is 0 Å². The lowest BCUT2D eigenvalue weighted by Crippen LogP contribution is -2.56. The Morgan fingerprint density at radius 2 is 1.74 bits per heavy atom. The van der Waals surface area contributed by atoms with Gasteiger partial charge in [0.15, 0.2) is 0 Å². The molecule has 0 bridgehead atoms. The molecule has 1 atom stereocenters. The smallest absolute Gasteiger partial charge is 0.0535 e. The number of aliphatic hydroxyl groups is 1. The van der Waals surface area contributed by atoms with Crippen molar-refractivity contribution in [1.82, 2.24) is 20.0 Å². The zero-order chi connectivity index (χ0) is 18.5. The van der Waals surface area contributed by atoms with E-state index in [9.17, 15) is 5.11 Å². The molecule has 152 valence electrons. The van der Waals surface area contributed by atoms with Gasteiger partial charge < -0.3 is 5.11 Å². The molecule has 0 radical (unpaired) electrons. The molecule has 4 rings (SSSR count). The molecule has 3 fully saturated rings. The van der Waals surface area contributed by atoms with Crippen LogP contribution in [0, 0.1) is 0 Å². The molecule has 0 amide bonds. The molecule has 2 saturated carbocycles. The van der Waals surface area contributed by atoms with Gasteiger partial charge in [0, 0.05) is 62.0 Å². The van der Waals surface area contributed by atoms with Crippen LogP contribution in [-0.4, -0.2) is 63.4 Å². The SMILES string of the molecule is OCC[C@@H]1CN(Cc2cn[nH]c2C2CCCCC2)CCN1C1CCCCC1. The van der Waals surface area contributed by atoms with Crippen LogP contribution in [0.5, 0.6) is 0 Å². The van der Waals surface area contributed by atoms with Gasteiger partial charge in [-0.15, -0.1) is 0 Å². The molecule has 2 heterocycles. The van der Waals surface area contributed by atoms with Gasteiger partial charge in [0.05, 0.1) is 6.20 Å². The Morgan fingerprint density at radius 1 is 1.00 bits per heavy atom. The van der Waals surface area contributed by atoms with Gasteiger partial charge in [-0.2, -0.15) is 5.10 Å². The van der Waals surface area contributed by atoms with Crippen LogP contribution < -0.4 is 0 Å². The molecule has 2 N–H and O–H groups in total. The topological polar surface area (TPSA) is 55.4 Å². The van der Waals surface area contributed by atoms with Crippen molar-refractivity contribution in [3.63, 3.8) is 0 Å². The van der Waals surface area contributed by atoms with E-state index in [0.717, 1.165) is 38.6 Å². The highest BCUT2D eigenvalue weighted by Crippen LogP contribution is 2.34. The minimum Gasteiger partial charge on any atom is -0.396 e. The van der Waals surface area contributed by atoms with E-state index in [0.29, 0.717) is 18.6 Å². The quantitative estimate of drug-likeness (QED) is 0.798. The van der Waals surface area contributed by atoms with Crippen LogP contribution in [0.15, 0.2) is 6.20 Å². The average molecular weight is 375 g/mol. The summed E-state index contributed by atoms with van der Waals surface area (Å²) in [5, 5.41) is 17.4. The van der Waals surface area contributed by atoms with E-state index in [2.05, 4.69) is 26.2 Å². The third kappa shape index (κ3) is 4.75. The number of rotatable bonds is 6. The Kier molecular flexibility index (Phi) is 6.85. The molecule has 5 nitrogen and oxygen atoms in total. The van der Waals surface area contributed by atoms with E-state index in [1.165, 1.54) is 75.5 Å². The summed E-state index contributed by atoms with van der Waals surface area (Å²) in [7, 11) is 0. The minimum absolute atomic E-state index is 0.306. The number of hydrogen-bond donors (Lipinski definition) is 2. The van der Waals surface area contributed by atoms with Crippen LogP contribution in [0.1, 0.15) is 87.8 Å². The number of piperazine rings is 1. The summed E-state index contributed by atoms with van der Waals surface area (Å²) in [6.07, 6.45) is 16.6. The summed E-state index contributed by atoms with van der Waals surface area (Å²) in [6.45, 7) is 4.72. The Labute approximate surface area is 164 Å². The number of nitrogens with zero attached hydrogens (tertiary/aromatic N) is 3. The highest BCUT2D eigenvalue weighted by molar-refractivity contribution is 5.21. The molecule has 1 aromatic heterocycles. The van der Waals surface area contributed by atoms with Gasteiger partial charge in [-0.25, -0.2) is 0 Å². The van der Waals surface area contributed by atoms with Gasteiger partial charge in [-0.05, 0) is 32.1 Å². The van der Waals surface area contributed by atoms with Crippen LogP contribution in [-0.2, 0) is 6.54 Å². The lowest BCUT2D eigenvalue weighted by Gasteiger charge is -2.46. The molecule has 1 aliphatic heterocycles. The molecule has 0 unspecified atom stereocenters. The second kappa shape index (κ2) is 9.53. The number of hydrogen-bond acceptors (Lipinski definition) is 4. The molecule has 0 spiro atoms. The van der Waals surface area contributed by atoms with Gasteiger partial charge in [-0.3, -0.25) is 14.9 Å². The second-order valence-electron chi connectivity index (χ2n) is 9.07. The standard InChI is InChI=1S/C22H38N4O/c27-14-11-21-17-25(12-13-26(21)20-9-5-2-6-10-20)16-19-15-23-24-22(19)18-7-3-1-4-8-18/h15,18,20-21,27H,1-14,16-17H2,(H,23,24)/t21-/m1/s1. The van der Waals surface area contributed by atoms with Crippen LogP contribution in [0.25, 0.3) is 0 Å². The molecule has 5 heteroatoms. The number of aliphatic hydroxyl groups excluding tert-OH is 1. The van der Waals surface area contributed by atoms with Gasteiger partial charge in [0.2, 0.25) is 0 Å². The molecule has 2 aliphatic carbocycles. The van der Waals surface area contributed by atoms with Crippen molar-refractivity contribution in [2.75, 3.05) is 26.2 Å². The first kappa shape index (κ1) is 19.4. The van der Waals surface area contributed by atoms with Gasteiger partial charge in [-0.1, -0.05) is 38.5 Å². The largest absolute Gasteiger partial charge is 0.396 e. The van der Waals surface area contributed by atoms with E-state index in [-0.39, 0.29) is 0 Å². The zero-order valence-corrected chi connectivity index (χ0v) is 16.9. The van der Waals surface area contributed by atoms with Crippen molar-refractivity contribution in [3.05, 3.63) is 17.5 Å². The summed E-state index contributed by atoms with van der Waals surface area (Å²) in [5.74, 6) is 0.688. The first-order valence-electron chi connectivity index (χ1n) is 11.5. The van der Waals surface area contributed by atoms with E-state index in [4.69, 9.17) is 0 Å². The maximum Gasteiger partial charge on any atom is 0.0535 e. The van der Waals surface area contributed by atoms with Crippen molar-refractivity contribution in [2.24, 2.45) is 0 Å². The summed E-state index contributed by atoms with van der Waals surface area (Å²) < 4.78 is 0. The molecular weight excluding hydrogens is 336 g/mol. The van der Waals surface area contributed by atoms with E-state index in [1.54, 1.807) is 0 Å². The monoisotopic (exact) mass is 374 g/mol. The average Bonchev–Trinajstić information content (AvgIpc) is 3.18. The first-order chi connectivity index (χ1) is 13.3. The normalized spacial score (nSPS) is 27.2. The molecule has 0 aromatic carbocycles. The van der Waals surface area contributed by atoms with E-state index >= 15 is 0 Å². The molecular formula is C22H38N4O. The Hall–Kier alpha value is -0.910. The molecule has 1 aromatic rings. The molecule has 1 saturated heterocycles. The van der Waals surface area contributed by atoms with E-state index in [1.807, 2.05) is 0 Å². The van der Waals surface area contributed by atoms with Crippen molar-refractivity contribution < 1.29 is 5.11 Å². The minimum atomic E-state index is 0.306. The summed E-state index contributed by atoms with van der Waals surface area (Å²) in [6, 6.07) is 1.26. The molecule has 27 heavy (non-hydrogen) atoms. The number of nitrogens with one attached hydrogen (secondary N) is 1. The highest BCUT2D eigenvalue weighted by atomic mass is 16.3. The second-order valence-corrected chi connectivity index (χ2v) is 9.07. The Balaban J connectivity index is 1.38. The van der Waals surface area contributed by atoms with Crippen LogP contribution in [0.2, 0.25) is 0 Å². The predicted molar refractivity (Wildman–Crippen MR) is 109 cm³/mol. The highest BCUT2D eigenvalue weighted by Gasteiger charge is 2.32. The number of H-pyrrole nitrogens is 1. The summed E-state index contributed by atoms with van der Waals surface area (Å²) in [4.78, 5) is 5.35. The fourth-order valence-corrected chi connectivity index (χ4v) is 5.81. The summed E-state index contributed by atoms with van der Waals surface area (Å²) in [5.41, 5.74) is 2.82. The Bertz CT molecular complexity index is 562. The lowest BCUT2D eigenvalue weighted by atomic mass is 9.85. The summed E-state index contributed by atoms with van der Waals surface area (Å²) >= 11 is 0. The van der Waals surface area contributed by atoms with E-state index < -0.39 is 0 Å². The van der Waals surface area contributed by atoms with Crippen molar-refractivity contribution in [2.45, 2.75) is 95.2 Å². The first-order valence-corrected chi connectivity index (χ1v) is 11.5. The van der Waals surface area contributed by atoms with Gasteiger partial charge in [0.25, 0.3) is 0 Å². The van der Waals surface area contributed by atoms with Crippen molar-refractivity contribution in [3.8, 4) is 0 Å². The third-order valence-electron chi connectivity index (χ3n) is 7.28. The van der Waals surface area contributed by atoms with Crippen molar-refractivity contribution in [1.29, 1.82) is 0 Å². The number of aromatic amines is 1. The zero-order valence-electron chi connectivity index (χ0n) is 16.9. The maximum absolute atomic E-state index is 9.63. The van der Waals surface area contributed by atoms with Gasteiger partial charge in [0.1, 0.15) is 0 Å². The van der Waals surface area contributed by atoms with Crippen LogP contribution in [0.4, 0.5) is 0 Å². The predicted octanol–water partition coefficient (Wildman–Crippen LogP) is 3.66. The number of aromatic nitrogens is 2. The fourth-order valence-electron chi connectivity index (χ4n) is 5.81. The third-order valence-corrected chi connectivity index (χ3v) is 7.28. The maximum atomic E-state index is 9.63. The van der Waals surface area contributed by atoms with Crippen molar-refractivity contribution >= 4 is 0 Å². The lowest BCUT2D eigenvalue weighted by molar-refractivity contribution is 0.0135.